The molecule has 1 aliphatic rings. The Balaban J connectivity index is 1.53. The van der Waals surface area contributed by atoms with Crippen LogP contribution in [0.2, 0.25) is 0 Å². The molecule has 26 heavy (non-hydrogen) atoms. The van der Waals surface area contributed by atoms with Crippen molar-refractivity contribution >= 4 is 22.5 Å². The lowest BCUT2D eigenvalue weighted by Gasteiger charge is -2.33. The zero-order valence-corrected chi connectivity index (χ0v) is 14.8. The molecule has 0 saturated carbocycles. The Morgan fingerprint density at radius 3 is 3.12 bits per heavy atom. The third-order valence-corrected chi connectivity index (χ3v) is 5.34. The van der Waals surface area contributed by atoms with Gasteiger partial charge in [0.1, 0.15) is 23.6 Å². The summed E-state index contributed by atoms with van der Waals surface area (Å²) >= 11 is 0. The first-order valence-corrected chi connectivity index (χ1v) is 9.20. The van der Waals surface area contributed by atoms with Crippen LogP contribution in [0.15, 0.2) is 36.9 Å². The molecule has 1 saturated heterocycles. The van der Waals surface area contributed by atoms with Crippen molar-refractivity contribution in [1.82, 2.24) is 29.5 Å². The first kappa shape index (κ1) is 15.3. The van der Waals surface area contributed by atoms with Crippen LogP contribution in [0.3, 0.4) is 0 Å². The van der Waals surface area contributed by atoms with Crippen molar-refractivity contribution in [2.75, 3.05) is 18.0 Å². The summed E-state index contributed by atoms with van der Waals surface area (Å²) < 4.78 is 2.11. The molecule has 0 aromatic carbocycles. The number of piperidine rings is 1. The monoisotopic (exact) mass is 347 g/mol. The number of hydrogen-bond acceptors (Lipinski definition) is 5. The van der Waals surface area contributed by atoms with Gasteiger partial charge in [0.05, 0.1) is 5.39 Å². The van der Waals surface area contributed by atoms with Gasteiger partial charge in [-0.2, -0.15) is 0 Å². The average Bonchev–Trinajstić information content (AvgIpc) is 3.32. The molecule has 0 amide bonds. The molecule has 7 nitrogen and oxygen atoms in total. The summed E-state index contributed by atoms with van der Waals surface area (Å²) in [5.74, 6) is 2.42. The van der Waals surface area contributed by atoms with Crippen LogP contribution in [0, 0.1) is 0 Å². The summed E-state index contributed by atoms with van der Waals surface area (Å²) in [4.78, 5) is 14.7. The Bertz CT molecular complexity index is 1060. The summed E-state index contributed by atoms with van der Waals surface area (Å²) in [6.45, 7) is 4.07. The number of H-pyrrole nitrogens is 1. The predicted molar refractivity (Wildman–Crippen MR) is 100 cm³/mol. The largest absolute Gasteiger partial charge is 0.355 e. The Hall–Kier alpha value is -2.96. The average molecular weight is 347 g/mol. The zero-order valence-electron chi connectivity index (χ0n) is 14.8. The van der Waals surface area contributed by atoms with Crippen LogP contribution in [0.5, 0.6) is 0 Å². The van der Waals surface area contributed by atoms with Crippen LogP contribution in [0.1, 0.15) is 37.1 Å². The molecule has 1 unspecified atom stereocenters. The molecule has 4 aromatic heterocycles. The Morgan fingerprint density at radius 2 is 2.19 bits per heavy atom. The van der Waals surface area contributed by atoms with Crippen molar-refractivity contribution in [2.45, 2.75) is 32.1 Å². The number of nitrogens with zero attached hydrogens (tertiary/aromatic N) is 6. The molecule has 1 fully saturated rings. The van der Waals surface area contributed by atoms with E-state index in [1.165, 1.54) is 5.56 Å². The number of aromatic nitrogens is 6. The second-order valence-corrected chi connectivity index (χ2v) is 6.86. The Morgan fingerprint density at radius 1 is 1.23 bits per heavy atom. The van der Waals surface area contributed by atoms with Gasteiger partial charge in [0.25, 0.3) is 0 Å². The molecular formula is C19H21N7. The maximum atomic E-state index is 4.64. The second kappa shape index (κ2) is 6.09. The van der Waals surface area contributed by atoms with Crippen molar-refractivity contribution in [3.8, 4) is 0 Å². The summed E-state index contributed by atoms with van der Waals surface area (Å²) in [5.41, 5.74) is 3.09. The maximum absolute atomic E-state index is 4.64. The lowest BCUT2D eigenvalue weighted by atomic mass is 9.97. The number of anilines is 1. The molecule has 5 heterocycles. The van der Waals surface area contributed by atoms with Crippen molar-refractivity contribution in [1.29, 1.82) is 0 Å². The van der Waals surface area contributed by atoms with E-state index in [2.05, 4.69) is 47.6 Å². The Labute approximate surface area is 151 Å². The summed E-state index contributed by atoms with van der Waals surface area (Å²) in [6.07, 6.45) is 8.96. The standard InChI is InChI=1S/C19H21N7/c1-2-13-10-20-17-16(13)19(22-12-21-17)25-8-5-6-14(11-25)18-24-23-15-7-3-4-9-26(15)18/h3-4,7,9-10,12,14H,2,5-6,8,11H2,1H3,(H,20,21,22). The van der Waals surface area contributed by atoms with Gasteiger partial charge in [-0.05, 0) is 37.0 Å². The Kier molecular flexibility index (Phi) is 3.58. The third kappa shape index (κ3) is 2.34. The molecule has 1 N–H and O–H groups in total. The first-order chi connectivity index (χ1) is 12.8. The zero-order chi connectivity index (χ0) is 17.5. The summed E-state index contributed by atoms with van der Waals surface area (Å²) in [6, 6.07) is 6.02. The number of aryl methyl sites for hydroxylation is 1. The van der Waals surface area contributed by atoms with Crippen LogP contribution >= 0.6 is 0 Å². The smallest absolute Gasteiger partial charge is 0.160 e. The molecule has 0 spiro atoms. The van der Waals surface area contributed by atoms with E-state index in [1.54, 1.807) is 6.33 Å². The molecule has 4 aromatic rings. The van der Waals surface area contributed by atoms with E-state index >= 15 is 0 Å². The van der Waals surface area contributed by atoms with E-state index in [-0.39, 0.29) is 0 Å². The van der Waals surface area contributed by atoms with Gasteiger partial charge < -0.3 is 9.88 Å². The van der Waals surface area contributed by atoms with Gasteiger partial charge in [0.2, 0.25) is 0 Å². The minimum Gasteiger partial charge on any atom is -0.355 e. The van der Waals surface area contributed by atoms with Gasteiger partial charge in [-0.1, -0.05) is 13.0 Å². The van der Waals surface area contributed by atoms with Gasteiger partial charge in [-0.3, -0.25) is 4.40 Å². The van der Waals surface area contributed by atoms with Crippen LogP contribution < -0.4 is 4.90 Å². The van der Waals surface area contributed by atoms with Crippen molar-refractivity contribution in [3.05, 3.63) is 48.3 Å². The molecule has 0 aliphatic carbocycles. The number of pyridine rings is 1. The topological polar surface area (TPSA) is 75.0 Å². The van der Waals surface area contributed by atoms with E-state index in [0.29, 0.717) is 5.92 Å². The molecule has 0 bridgehead atoms. The fourth-order valence-corrected chi connectivity index (χ4v) is 4.05. The number of nitrogens with one attached hydrogen (secondary N) is 1. The molecule has 1 atom stereocenters. The highest BCUT2D eigenvalue weighted by Gasteiger charge is 2.27. The van der Waals surface area contributed by atoms with Gasteiger partial charge in [-0.15, -0.1) is 10.2 Å². The first-order valence-electron chi connectivity index (χ1n) is 9.20. The fourth-order valence-electron chi connectivity index (χ4n) is 4.05. The van der Waals surface area contributed by atoms with E-state index < -0.39 is 0 Å². The second-order valence-electron chi connectivity index (χ2n) is 6.86. The van der Waals surface area contributed by atoms with E-state index in [1.807, 2.05) is 24.4 Å². The molecule has 7 heteroatoms. The van der Waals surface area contributed by atoms with Gasteiger partial charge in [-0.25, -0.2) is 9.97 Å². The summed E-state index contributed by atoms with van der Waals surface area (Å²) in [5, 5.41) is 9.96. The lowest BCUT2D eigenvalue weighted by molar-refractivity contribution is 0.486. The van der Waals surface area contributed by atoms with Crippen LogP contribution in [0.25, 0.3) is 16.7 Å². The van der Waals surface area contributed by atoms with Crippen LogP contribution in [0.4, 0.5) is 5.82 Å². The van der Waals surface area contributed by atoms with E-state index in [4.69, 9.17) is 0 Å². The minimum atomic E-state index is 0.343. The van der Waals surface area contributed by atoms with E-state index in [0.717, 1.165) is 60.7 Å². The van der Waals surface area contributed by atoms with Gasteiger partial charge in [0, 0.05) is 31.4 Å². The van der Waals surface area contributed by atoms with Crippen molar-refractivity contribution < 1.29 is 0 Å². The normalized spacial score (nSPS) is 18.0. The van der Waals surface area contributed by atoms with Gasteiger partial charge >= 0.3 is 0 Å². The summed E-state index contributed by atoms with van der Waals surface area (Å²) in [7, 11) is 0. The highest BCUT2D eigenvalue weighted by molar-refractivity contribution is 5.90. The predicted octanol–water partition coefficient (Wildman–Crippen LogP) is 2.95. The fraction of sp³-hybridized carbons (Fsp3) is 0.368. The minimum absolute atomic E-state index is 0.343. The molecule has 0 radical (unpaired) electrons. The highest BCUT2D eigenvalue weighted by atomic mass is 15.3. The SMILES string of the molecule is CCc1c[nH]c2ncnc(N3CCCC(c4nnc5ccccn45)C3)c12. The number of hydrogen-bond donors (Lipinski definition) is 1. The molecule has 5 rings (SSSR count). The quantitative estimate of drug-likeness (QED) is 0.617. The van der Waals surface area contributed by atoms with Crippen LogP contribution in [-0.2, 0) is 6.42 Å². The number of fused-ring (bicyclic) bond motifs is 2. The molecular weight excluding hydrogens is 326 g/mol. The lowest BCUT2D eigenvalue weighted by Crippen LogP contribution is -2.35. The highest BCUT2D eigenvalue weighted by Crippen LogP contribution is 2.33. The van der Waals surface area contributed by atoms with Crippen molar-refractivity contribution in [2.24, 2.45) is 0 Å². The van der Waals surface area contributed by atoms with E-state index in [9.17, 15) is 0 Å². The van der Waals surface area contributed by atoms with Gasteiger partial charge in [0.15, 0.2) is 5.65 Å². The molecule has 132 valence electrons. The third-order valence-electron chi connectivity index (χ3n) is 5.34. The number of rotatable bonds is 3. The molecule has 1 aliphatic heterocycles. The van der Waals surface area contributed by atoms with Crippen molar-refractivity contribution in [3.63, 3.8) is 0 Å². The maximum Gasteiger partial charge on any atom is 0.160 e. The van der Waals surface area contributed by atoms with Crippen LogP contribution in [-0.4, -0.2) is 42.6 Å². The number of aromatic amines is 1.